The molecule has 0 saturated heterocycles. The molecule has 1 aromatic heterocycles. The molecule has 0 amide bonds. The van der Waals surface area contributed by atoms with Crippen molar-refractivity contribution in [1.29, 1.82) is 0 Å². The second-order valence-electron chi connectivity index (χ2n) is 5.24. The molecule has 1 aromatic carbocycles. The van der Waals surface area contributed by atoms with Crippen LogP contribution in [0.1, 0.15) is 18.9 Å². The summed E-state index contributed by atoms with van der Waals surface area (Å²) < 4.78 is 7.59. The van der Waals surface area contributed by atoms with Crippen molar-refractivity contribution in [2.24, 2.45) is 7.05 Å². The molecule has 0 saturated carbocycles. The largest absolute Gasteiger partial charge is 0.481 e. The average molecular weight is 269 g/mol. The molecule has 0 fully saturated rings. The predicted molar refractivity (Wildman–Crippen MR) is 77.9 cm³/mol. The Morgan fingerprint density at radius 3 is 2.85 bits per heavy atom. The molecule has 1 atom stereocenters. The molecular weight excluding hydrogens is 254 g/mol. The summed E-state index contributed by atoms with van der Waals surface area (Å²) in [5.41, 5.74) is 0.571. The average Bonchev–Trinajstić information content (AvgIpc) is 2.45. The van der Waals surface area contributed by atoms with Crippen molar-refractivity contribution in [3.8, 4) is 5.75 Å². The molecule has 0 aliphatic carbocycles. The minimum Gasteiger partial charge on any atom is -0.481 e. The van der Waals surface area contributed by atoms with Crippen LogP contribution >= 0.6 is 0 Å². The third kappa shape index (κ3) is 1.76. The Morgan fingerprint density at radius 2 is 2.10 bits per heavy atom. The zero-order chi connectivity index (χ0) is 14.3. The first-order valence-electron chi connectivity index (χ1n) is 6.49. The Kier molecular flexibility index (Phi) is 2.74. The molecule has 0 radical (unpaired) electrons. The molecule has 0 spiro atoms. The van der Waals surface area contributed by atoms with Gasteiger partial charge >= 0.3 is 0 Å². The van der Waals surface area contributed by atoms with E-state index >= 15 is 0 Å². The van der Waals surface area contributed by atoms with E-state index in [1.807, 2.05) is 31.2 Å². The molecule has 3 rings (SSSR count). The third-order valence-corrected chi connectivity index (χ3v) is 3.72. The van der Waals surface area contributed by atoms with Gasteiger partial charge in [0.2, 0.25) is 0 Å². The van der Waals surface area contributed by atoms with Gasteiger partial charge in [-0.05, 0) is 31.2 Å². The molecule has 1 unspecified atom stereocenters. The van der Waals surface area contributed by atoms with E-state index in [4.69, 9.17) is 4.74 Å². The van der Waals surface area contributed by atoms with Crippen molar-refractivity contribution in [2.75, 3.05) is 0 Å². The SMILES string of the molecule is Cn1c(=O)c2c(c3ccccc31)OC(C)(CC=O)C=C2. The van der Waals surface area contributed by atoms with Crippen molar-refractivity contribution < 1.29 is 9.53 Å². The minimum absolute atomic E-state index is 0.0943. The number of hydrogen-bond acceptors (Lipinski definition) is 3. The van der Waals surface area contributed by atoms with Crippen LogP contribution < -0.4 is 10.3 Å². The number of carbonyl (C=O) groups excluding carboxylic acids is 1. The van der Waals surface area contributed by atoms with Gasteiger partial charge in [-0.25, -0.2) is 0 Å². The first-order valence-corrected chi connectivity index (χ1v) is 6.49. The van der Waals surface area contributed by atoms with Gasteiger partial charge in [-0.3, -0.25) is 4.79 Å². The molecule has 4 heteroatoms. The standard InChI is InChI=1S/C16H15NO3/c1-16(9-10-18)8-7-12-14(20-16)11-5-3-4-6-13(11)17(2)15(12)19/h3-8,10H,9H2,1-2H3. The van der Waals surface area contributed by atoms with E-state index in [1.165, 1.54) is 0 Å². The highest BCUT2D eigenvalue weighted by molar-refractivity contribution is 5.89. The highest BCUT2D eigenvalue weighted by atomic mass is 16.5. The maximum absolute atomic E-state index is 12.4. The number of aromatic nitrogens is 1. The number of aldehydes is 1. The summed E-state index contributed by atoms with van der Waals surface area (Å²) >= 11 is 0. The lowest BCUT2D eigenvalue weighted by Gasteiger charge is -2.30. The number of hydrogen-bond donors (Lipinski definition) is 0. The number of aryl methyl sites for hydroxylation is 1. The zero-order valence-electron chi connectivity index (χ0n) is 11.4. The van der Waals surface area contributed by atoms with Crippen LogP contribution in [0.3, 0.4) is 0 Å². The van der Waals surface area contributed by atoms with E-state index in [9.17, 15) is 9.59 Å². The number of benzene rings is 1. The highest BCUT2D eigenvalue weighted by Gasteiger charge is 2.30. The summed E-state index contributed by atoms with van der Waals surface area (Å²) in [5, 5.41) is 0.881. The monoisotopic (exact) mass is 269 g/mol. The Morgan fingerprint density at radius 1 is 1.35 bits per heavy atom. The third-order valence-electron chi connectivity index (χ3n) is 3.72. The fourth-order valence-electron chi connectivity index (χ4n) is 2.55. The summed E-state index contributed by atoms with van der Waals surface area (Å²) in [6.45, 7) is 1.84. The molecule has 2 heterocycles. The van der Waals surface area contributed by atoms with Crippen LogP contribution in [0.5, 0.6) is 5.75 Å². The van der Waals surface area contributed by atoms with Gasteiger partial charge in [-0.15, -0.1) is 0 Å². The summed E-state index contributed by atoms with van der Waals surface area (Å²) in [4.78, 5) is 23.2. The lowest BCUT2D eigenvalue weighted by atomic mass is 9.97. The Hall–Kier alpha value is -2.36. The molecule has 2 aromatic rings. The normalized spacial score (nSPS) is 20.5. The quantitative estimate of drug-likeness (QED) is 0.786. The Labute approximate surface area is 116 Å². The lowest BCUT2D eigenvalue weighted by molar-refractivity contribution is -0.110. The molecule has 0 N–H and O–H groups in total. The van der Waals surface area contributed by atoms with Gasteiger partial charge in [-0.1, -0.05) is 12.1 Å². The van der Waals surface area contributed by atoms with Crippen molar-refractivity contribution in [3.63, 3.8) is 0 Å². The van der Waals surface area contributed by atoms with E-state index in [2.05, 4.69) is 0 Å². The first kappa shape index (κ1) is 12.7. The summed E-state index contributed by atoms with van der Waals surface area (Å²) in [5.74, 6) is 0.565. The number of pyridine rings is 1. The molecule has 1 aliphatic heterocycles. The maximum Gasteiger partial charge on any atom is 0.261 e. The minimum atomic E-state index is -0.691. The molecule has 1 aliphatic rings. The number of carbonyl (C=O) groups is 1. The van der Waals surface area contributed by atoms with Crippen LogP contribution in [-0.4, -0.2) is 16.5 Å². The van der Waals surface area contributed by atoms with E-state index in [-0.39, 0.29) is 12.0 Å². The summed E-state index contributed by atoms with van der Waals surface area (Å²) in [6, 6.07) is 7.60. The van der Waals surface area contributed by atoms with Gasteiger partial charge in [0, 0.05) is 18.9 Å². The van der Waals surface area contributed by atoms with Crippen LogP contribution in [0.2, 0.25) is 0 Å². The predicted octanol–water partition coefficient (Wildman–Crippen LogP) is 2.29. The molecule has 102 valence electrons. The number of rotatable bonds is 2. The molecule has 4 nitrogen and oxygen atoms in total. The van der Waals surface area contributed by atoms with Gasteiger partial charge in [0.15, 0.2) is 0 Å². The van der Waals surface area contributed by atoms with Crippen LogP contribution in [0.25, 0.3) is 17.0 Å². The van der Waals surface area contributed by atoms with E-state index in [0.29, 0.717) is 11.3 Å². The fraction of sp³-hybridized carbons (Fsp3) is 0.250. The fourth-order valence-corrected chi connectivity index (χ4v) is 2.55. The summed E-state index contributed by atoms with van der Waals surface area (Å²) in [6.07, 6.45) is 4.63. The maximum atomic E-state index is 12.4. The van der Waals surface area contributed by atoms with Crippen molar-refractivity contribution >= 4 is 23.3 Å². The van der Waals surface area contributed by atoms with E-state index in [0.717, 1.165) is 17.2 Å². The number of para-hydroxylation sites is 1. The topological polar surface area (TPSA) is 48.3 Å². The van der Waals surface area contributed by atoms with Crippen LogP contribution in [0.4, 0.5) is 0 Å². The van der Waals surface area contributed by atoms with Gasteiger partial charge in [0.05, 0.1) is 11.1 Å². The first-order chi connectivity index (χ1) is 9.56. The zero-order valence-corrected chi connectivity index (χ0v) is 11.4. The number of ether oxygens (including phenoxy) is 1. The van der Waals surface area contributed by atoms with Crippen LogP contribution in [-0.2, 0) is 11.8 Å². The lowest BCUT2D eigenvalue weighted by Crippen LogP contribution is -2.35. The van der Waals surface area contributed by atoms with E-state index < -0.39 is 5.60 Å². The van der Waals surface area contributed by atoms with Gasteiger partial charge in [0.25, 0.3) is 5.56 Å². The molecular formula is C16H15NO3. The molecule has 0 bridgehead atoms. The second kappa shape index (κ2) is 4.34. The van der Waals surface area contributed by atoms with Gasteiger partial charge < -0.3 is 14.1 Å². The summed E-state index contributed by atoms with van der Waals surface area (Å²) in [7, 11) is 1.75. The Bertz CT molecular complexity index is 788. The van der Waals surface area contributed by atoms with Crippen molar-refractivity contribution in [1.82, 2.24) is 4.57 Å². The van der Waals surface area contributed by atoms with E-state index in [1.54, 1.807) is 23.8 Å². The van der Waals surface area contributed by atoms with Gasteiger partial charge in [0.1, 0.15) is 17.6 Å². The Balaban J connectivity index is 2.33. The van der Waals surface area contributed by atoms with Crippen molar-refractivity contribution in [2.45, 2.75) is 18.9 Å². The second-order valence-corrected chi connectivity index (χ2v) is 5.24. The van der Waals surface area contributed by atoms with Crippen LogP contribution in [0.15, 0.2) is 35.1 Å². The van der Waals surface area contributed by atoms with Gasteiger partial charge in [-0.2, -0.15) is 0 Å². The molecule has 20 heavy (non-hydrogen) atoms. The number of nitrogens with zero attached hydrogens (tertiary/aromatic N) is 1. The van der Waals surface area contributed by atoms with Crippen LogP contribution in [0, 0.1) is 0 Å². The number of fused-ring (bicyclic) bond motifs is 3. The highest BCUT2D eigenvalue weighted by Crippen LogP contribution is 2.36. The smallest absolute Gasteiger partial charge is 0.261 e. The van der Waals surface area contributed by atoms with Crippen molar-refractivity contribution in [3.05, 3.63) is 46.3 Å².